The number of hydrogen-bond donors (Lipinski definition) is 0. The Morgan fingerprint density at radius 2 is 2.25 bits per heavy atom. The molecular formula is C11H13N. The molecule has 0 atom stereocenters. The molecule has 1 aliphatic rings. The Kier molecular flexibility index (Phi) is 1.94. The third-order valence-corrected chi connectivity index (χ3v) is 2.52. The van der Waals surface area contributed by atoms with E-state index in [-0.39, 0.29) is 0 Å². The molecule has 1 aromatic heterocycles. The second-order valence-electron chi connectivity index (χ2n) is 3.32. The van der Waals surface area contributed by atoms with E-state index in [2.05, 4.69) is 23.7 Å². The topological polar surface area (TPSA) is 12.9 Å². The molecule has 2 rings (SSSR count). The zero-order valence-electron chi connectivity index (χ0n) is 7.16. The third-order valence-electron chi connectivity index (χ3n) is 2.52. The van der Waals surface area contributed by atoms with E-state index in [9.17, 15) is 0 Å². The molecule has 0 unspecified atom stereocenters. The van der Waals surface area contributed by atoms with Crippen LogP contribution in [0.15, 0.2) is 24.8 Å². The molecule has 0 aromatic carbocycles. The van der Waals surface area contributed by atoms with Gasteiger partial charge in [0.05, 0.1) is 5.69 Å². The summed E-state index contributed by atoms with van der Waals surface area (Å²) in [4.78, 5) is 4.50. The third kappa shape index (κ3) is 1.27. The Balaban J connectivity index is 2.25. The van der Waals surface area contributed by atoms with Crippen molar-refractivity contribution in [3.05, 3.63) is 36.2 Å². The summed E-state index contributed by atoms with van der Waals surface area (Å²) in [6, 6.07) is 6.18. The first kappa shape index (κ1) is 7.53. The first-order valence-electron chi connectivity index (χ1n) is 4.49. The fourth-order valence-corrected chi connectivity index (χ4v) is 1.51. The highest BCUT2D eigenvalue weighted by Gasteiger charge is 2.20. The van der Waals surface area contributed by atoms with Crippen LogP contribution in [0.25, 0.3) is 6.08 Å². The molecule has 1 heterocycles. The van der Waals surface area contributed by atoms with Crippen LogP contribution < -0.4 is 0 Å². The number of hydrogen-bond acceptors (Lipinski definition) is 1. The Hall–Kier alpha value is -1.11. The van der Waals surface area contributed by atoms with E-state index in [0.29, 0.717) is 0 Å². The van der Waals surface area contributed by atoms with Crippen LogP contribution in [0.5, 0.6) is 0 Å². The Morgan fingerprint density at radius 3 is 2.83 bits per heavy atom. The minimum atomic E-state index is 0.727. The van der Waals surface area contributed by atoms with Crippen LogP contribution in [0, 0.1) is 0 Å². The van der Waals surface area contributed by atoms with Crippen molar-refractivity contribution < 1.29 is 0 Å². The van der Waals surface area contributed by atoms with Gasteiger partial charge in [0.15, 0.2) is 0 Å². The molecule has 0 spiro atoms. The van der Waals surface area contributed by atoms with E-state index < -0.39 is 0 Å². The zero-order valence-corrected chi connectivity index (χ0v) is 7.16. The summed E-state index contributed by atoms with van der Waals surface area (Å²) in [5.74, 6) is 0.727. The summed E-state index contributed by atoms with van der Waals surface area (Å²) in [6.07, 6.45) is 5.80. The number of pyridine rings is 1. The lowest BCUT2D eigenvalue weighted by atomic mass is 9.82. The van der Waals surface area contributed by atoms with Crippen LogP contribution >= 0.6 is 0 Å². The lowest BCUT2D eigenvalue weighted by Gasteiger charge is -2.24. The molecule has 1 saturated carbocycles. The van der Waals surface area contributed by atoms with E-state index in [0.717, 1.165) is 11.6 Å². The van der Waals surface area contributed by atoms with Crippen molar-refractivity contribution >= 4 is 6.08 Å². The second-order valence-corrected chi connectivity index (χ2v) is 3.32. The summed E-state index contributed by atoms with van der Waals surface area (Å²) in [5, 5.41) is 0. The minimum Gasteiger partial charge on any atom is -0.253 e. The van der Waals surface area contributed by atoms with Gasteiger partial charge in [0.2, 0.25) is 0 Å². The van der Waals surface area contributed by atoms with Crippen LogP contribution in [0.2, 0.25) is 0 Å². The predicted octanol–water partition coefficient (Wildman–Crippen LogP) is 2.99. The zero-order chi connectivity index (χ0) is 8.39. The van der Waals surface area contributed by atoms with E-state index in [1.165, 1.54) is 25.0 Å². The number of aromatic nitrogens is 1. The fraction of sp³-hybridized carbons (Fsp3) is 0.364. The summed E-state index contributed by atoms with van der Waals surface area (Å²) < 4.78 is 0. The van der Waals surface area contributed by atoms with Gasteiger partial charge in [0.1, 0.15) is 0 Å². The Morgan fingerprint density at radius 1 is 1.42 bits per heavy atom. The monoisotopic (exact) mass is 159 g/mol. The van der Waals surface area contributed by atoms with Crippen LogP contribution in [0.3, 0.4) is 0 Å². The lowest BCUT2D eigenvalue weighted by Crippen LogP contribution is -2.10. The molecular weight excluding hydrogens is 146 g/mol. The van der Waals surface area contributed by atoms with Crippen LogP contribution in [0.1, 0.15) is 36.6 Å². The summed E-state index contributed by atoms with van der Waals surface area (Å²) in [7, 11) is 0. The van der Waals surface area contributed by atoms with Gasteiger partial charge in [-0.05, 0) is 31.1 Å². The molecule has 1 aromatic rings. The summed E-state index contributed by atoms with van der Waals surface area (Å²) in [6.45, 7) is 3.71. The van der Waals surface area contributed by atoms with Crippen molar-refractivity contribution in [2.24, 2.45) is 0 Å². The molecule has 0 amide bonds. The molecule has 1 fully saturated rings. The Labute approximate surface area is 73.1 Å². The van der Waals surface area contributed by atoms with E-state index >= 15 is 0 Å². The molecule has 1 nitrogen and oxygen atoms in total. The number of nitrogens with zero attached hydrogens (tertiary/aromatic N) is 1. The fourth-order valence-electron chi connectivity index (χ4n) is 1.51. The maximum Gasteiger partial charge on any atom is 0.0627 e. The molecule has 12 heavy (non-hydrogen) atoms. The van der Waals surface area contributed by atoms with Gasteiger partial charge in [-0.1, -0.05) is 19.1 Å². The molecule has 0 bridgehead atoms. The van der Waals surface area contributed by atoms with E-state index in [1.807, 2.05) is 12.1 Å². The van der Waals surface area contributed by atoms with Gasteiger partial charge in [-0.15, -0.1) is 0 Å². The van der Waals surface area contributed by atoms with Crippen molar-refractivity contribution in [1.82, 2.24) is 4.98 Å². The van der Waals surface area contributed by atoms with Gasteiger partial charge in [-0.25, -0.2) is 0 Å². The van der Waals surface area contributed by atoms with Gasteiger partial charge < -0.3 is 0 Å². The standard InChI is InChI=1S/C11H13N/c1-2-10-7-4-8-11(12-10)9-5-3-6-9/h2,4,7-9H,1,3,5-6H2. The van der Waals surface area contributed by atoms with Gasteiger partial charge >= 0.3 is 0 Å². The van der Waals surface area contributed by atoms with Crippen molar-refractivity contribution in [3.8, 4) is 0 Å². The summed E-state index contributed by atoms with van der Waals surface area (Å²) in [5.41, 5.74) is 2.25. The van der Waals surface area contributed by atoms with Gasteiger partial charge in [-0.3, -0.25) is 4.98 Å². The number of rotatable bonds is 2. The molecule has 62 valence electrons. The molecule has 0 N–H and O–H groups in total. The van der Waals surface area contributed by atoms with Crippen molar-refractivity contribution in [3.63, 3.8) is 0 Å². The first-order valence-corrected chi connectivity index (χ1v) is 4.49. The predicted molar refractivity (Wildman–Crippen MR) is 50.9 cm³/mol. The molecule has 1 heteroatoms. The maximum absolute atomic E-state index is 4.50. The average molecular weight is 159 g/mol. The quantitative estimate of drug-likeness (QED) is 0.646. The van der Waals surface area contributed by atoms with E-state index in [1.54, 1.807) is 0 Å². The Bertz CT molecular complexity index is 287. The molecule has 1 aliphatic carbocycles. The van der Waals surface area contributed by atoms with Gasteiger partial charge in [-0.2, -0.15) is 0 Å². The SMILES string of the molecule is C=Cc1cccc(C2CCC2)n1. The van der Waals surface area contributed by atoms with E-state index in [4.69, 9.17) is 0 Å². The highest BCUT2D eigenvalue weighted by molar-refractivity contribution is 5.41. The molecule has 0 aliphatic heterocycles. The molecule has 0 saturated heterocycles. The second kappa shape index (κ2) is 3.10. The highest BCUT2D eigenvalue weighted by Crippen LogP contribution is 2.35. The van der Waals surface area contributed by atoms with Crippen molar-refractivity contribution in [1.29, 1.82) is 0 Å². The first-order chi connectivity index (χ1) is 5.90. The van der Waals surface area contributed by atoms with Crippen LogP contribution in [-0.2, 0) is 0 Å². The average Bonchev–Trinajstić information content (AvgIpc) is 2.02. The maximum atomic E-state index is 4.50. The minimum absolute atomic E-state index is 0.727. The largest absolute Gasteiger partial charge is 0.253 e. The van der Waals surface area contributed by atoms with Crippen LogP contribution in [-0.4, -0.2) is 4.98 Å². The van der Waals surface area contributed by atoms with Gasteiger partial charge in [0, 0.05) is 11.6 Å². The van der Waals surface area contributed by atoms with Crippen LogP contribution in [0.4, 0.5) is 0 Å². The smallest absolute Gasteiger partial charge is 0.0627 e. The van der Waals surface area contributed by atoms with Gasteiger partial charge in [0.25, 0.3) is 0 Å². The highest BCUT2D eigenvalue weighted by atomic mass is 14.7. The summed E-state index contributed by atoms with van der Waals surface area (Å²) >= 11 is 0. The normalized spacial score (nSPS) is 17.0. The van der Waals surface area contributed by atoms with Crippen molar-refractivity contribution in [2.45, 2.75) is 25.2 Å². The molecule has 0 radical (unpaired) electrons. The lowest BCUT2D eigenvalue weighted by molar-refractivity contribution is 0.411. The van der Waals surface area contributed by atoms with Crippen molar-refractivity contribution in [2.75, 3.05) is 0 Å².